The minimum Gasteiger partial charge on any atom is -0.507 e. The molecule has 0 aliphatic heterocycles. The van der Waals surface area contributed by atoms with Gasteiger partial charge >= 0.3 is 0 Å². The topological polar surface area (TPSA) is 55.1 Å². The van der Waals surface area contributed by atoms with E-state index in [1.54, 1.807) is 12.1 Å². The minimum absolute atomic E-state index is 0.0542. The second kappa shape index (κ2) is 8.64. The number of hydrogen-bond donors (Lipinski definition) is 1. The van der Waals surface area contributed by atoms with E-state index in [2.05, 4.69) is 12.1 Å². The monoisotopic (exact) mass is 388 g/mol. The molecule has 1 aliphatic rings. The van der Waals surface area contributed by atoms with Crippen LogP contribution in [0.15, 0.2) is 59.4 Å². The summed E-state index contributed by atoms with van der Waals surface area (Å²) in [5.74, 6) is 0.902. The molecule has 29 heavy (non-hydrogen) atoms. The van der Waals surface area contributed by atoms with Crippen LogP contribution >= 0.6 is 0 Å². The number of phenolic OH excluding ortho intramolecular Hbond substituents is 1. The summed E-state index contributed by atoms with van der Waals surface area (Å²) in [6, 6.07) is 17.6. The summed E-state index contributed by atoms with van der Waals surface area (Å²) >= 11 is 0. The van der Waals surface area contributed by atoms with Crippen molar-refractivity contribution >= 4 is 0 Å². The molecule has 0 spiro atoms. The standard InChI is InChI=1S/C25H28N2O2/c1-18-26-24(21-14-8-9-15-23(21)28)22(17-16-19-10-4-2-5-11-19)25(29)27(18)20-12-6-3-7-13-20/h2,4-5,8-11,14-15,20,28H,3,6-7,12-13,16-17H2,1H3. The molecule has 2 aromatic carbocycles. The fraction of sp³-hybridized carbons (Fsp3) is 0.360. The van der Waals surface area contributed by atoms with Gasteiger partial charge in [0.1, 0.15) is 11.6 Å². The van der Waals surface area contributed by atoms with E-state index in [4.69, 9.17) is 4.98 Å². The van der Waals surface area contributed by atoms with Gasteiger partial charge < -0.3 is 5.11 Å². The van der Waals surface area contributed by atoms with Crippen molar-refractivity contribution < 1.29 is 5.11 Å². The summed E-state index contributed by atoms with van der Waals surface area (Å²) in [5, 5.41) is 10.4. The van der Waals surface area contributed by atoms with Crippen molar-refractivity contribution in [2.45, 2.75) is 57.9 Å². The Hall–Kier alpha value is -2.88. The van der Waals surface area contributed by atoms with Crippen LogP contribution in [0.1, 0.15) is 55.1 Å². The van der Waals surface area contributed by atoms with E-state index in [-0.39, 0.29) is 17.4 Å². The molecule has 1 heterocycles. The van der Waals surface area contributed by atoms with Crippen LogP contribution < -0.4 is 5.56 Å². The Morgan fingerprint density at radius 3 is 2.38 bits per heavy atom. The molecule has 4 rings (SSSR count). The maximum Gasteiger partial charge on any atom is 0.257 e. The first-order valence-corrected chi connectivity index (χ1v) is 10.6. The molecule has 0 unspecified atom stereocenters. The Morgan fingerprint density at radius 1 is 0.966 bits per heavy atom. The predicted molar refractivity (Wildman–Crippen MR) is 116 cm³/mol. The molecule has 4 heteroatoms. The van der Waals surface area contributed by atoms with Crippen LogP contribution in [0.2, 0.25) is 0 Å². The number of nitrogens with zero attached hydrogens (tertiary/aromatic N) is 2. The highest BCUT2D eigenvalue weighted by molar-refractivity contribution is 5.69. The first kappa shape index (κ1) is 19.4. The molecule has 4 nitrogen and oxygen atoms in total. The number of para-hydroxylation sites is 1. The molecule has 150 valence electrons. The zero-order valence-electron chi connectivity index (χ0n) is 17.0. The number of aromatic nitrogens is 2. The number of aromatic hydroxyl groups is 1. The number of aryl methyl sites for hydroxylation is 2. The SMILES string of the molecule is Cc1nc(-c2ccccc2O)c(CCc2ccccc2)c(=O)n1C1CCCCC1. The lowest BCUT2D eigenvalue weighted by Gasteiger charge is -2.26. The predicted octanol–water partition coefficient (Wildman–Crippen LogP) is 5.21. The van der Waals surface area contributed by atoms with Crippen LogP contribution in [0.3, 0.4) is 0 Å². The molecule has 3 aromatic rings. The van der Waals surface area contributed by atoms with E-state index in [9.17, 15) is 9.90 Å². The van der Waals surface area contributed by atoms with E-state index in [1.807, 2.05) is 41.8 Å². The van der Waals surface area contributed by atoms with E-state index < -0.39 is 0 Å². The van der Waals surface area contributed by atoms with Gasteiger partial charge in [-0.2, -0.15) is 0 Å². The Kier molecular flexibility index (Phi) is 5.79. The summed E-state index contributed by atoms with van der Waals surface area (Å²) < 4.78 is 1.92. The van der Waals surface area contributed by atoms with E-state index in [0.29, 0.717) is 23.2 Å². The highest BCUT2D eigenvalue weighted by atomic mass is 16.3. The van der Waals surface area contributed by atoms with Crippen molar-refractivity contribution in [1.29, 1.82) is 0 Å². The Morgan fingerprint density at radius 2 is 1.66 bits per heavy atom. The van der Waals surface area contributed by atoms with Gasteiger partial charge in [-0.25, -0.2) is 4.98 Å². The van der Waals surface area contributed by atoms with Gasteiger partial charge in [0.15, 0.2) is 0 Å². The largest absolute Gasteiger partial charge is 0.507 e. The lowest BCUT2D eigenvalue weighted by atomic mass is 9.94. The zero-order valence-corrected chi connectivity index (χ0v) is 17.0. The van der Waals surface area contributed by atoms with Gasteiger partial charge in [-0.3, -0.25) is 9.36 Å². The highest BCUT2D eigenvalue weighted by Gasteiger charge is 2.23. The first-order chi connectivity index (χ1) is 14.1. The average Bonchev–Trinajstić information content (AvgIpc) is 2.75. The second-order valence-electron chi connectivity index (χ2n) is 7.96. The highest BCUT2D eigenvalue weighted by Crippen LogP contribution is 2.32. The van der Waals surface area contributed by atoms with Gasteiger partial charge in [-0.15, -0.1) is 0 Å². The molecular weight excluding hydrogens is 360 g/mol. The van der Waals surface area contributed by atoms with Gasteiger partial charge in [0.2, 0.25) is 0 Å². The molecule has 0 bridgehead atoms. The Bertz CT molecular complexity index is 1030. The number of benzene rings is 2. The lowest BCUT2D eigenvalue weighted by Crippen LogP contribution is -2.32. The molecule has 1 aromatic heterocycles. The Balaban J connectivity index is 1.81. The van der Waals surface area contributed by atoms with Crippen LogP contribution in [0, 0.1) is 6.92 Å². The Labute approximate surface area is 171 Å². The molecule has 0 radical (unpaired) electrons. The molecular formula is C25H28N2O2. The molecule has 1 fully saturated rings. The van der Waals surface area contributed by atoms with Gasteiger partial charge in [0.25, 0.3) is 5.56 Å². The van der Waals surface area contributed by atoms with Crippen molar-refractivity contribution in [3.05, 3.63) is 81.9 Å². The first-order valence-electron chi connectivity index (χ1n) is 10.6. The smallest absolute Gasteiger partial charge is 0.257 e. The molecule has 0 atom stereocenters. The van der Waals surface area contributed by atoms with Crippen LogP contribution in [0.5, 0.6) is 5.75 Å². The average molecular weight is 389 g/mol. The normalized spacial score (nSPS) is 14.8. The number of hydrogen-bond acceptors (Lipinski definition) is 3. The van der Waals surface area contributed by atoms with Gasteiger partial charge in [-0.1, -0.05) is 61.7 Å². The van der Waals surface area contributed by atoms with E-state index in [1.165, 1.54) is 12.0 Å². The van der Waals surface area contributed by atoms with Crippen LogP contribution in [-0.4, -0.2) is 14.7 Å². The molecule has 0 saturated heterocycles. The molecule has 0 amide bonds. The fourth-order valence-electron chi connectivity index (χ4n) is 4.48. The van der Waals surface area contributed by atoms with E-state index in [0.717, 1.165) is 37.9 Å². The minimum atomic E-state index is 0.0542. The van der Waals surface area contributed by atoms with Gasteiger partial charge in [0.05, 0.1) is 5.69 Å². The fourth-order valence-corrected chi connectivity index (χ4v) is 4.48. The van der Waals surface area contributed by atoms with Crippen molar-refractivity contribution in [3.8, 4) is 17.0 Å². The lowest BCUT2D eigenvalue weighted by molar-refractivity contribution is 0.337. The molecule has 1 N–H and O–H groups in total. The summed E-state index contributed by atoms with van der Waals surface area (Å²) in [7, 11) is 0. The quantitative estimate of drug-likeness (QED) is 0.652. The number of phenols is 1. The third kappa shape index (κ3) is 4.12. The molecule has 1 aliphatic carbocycles. The third-order valence-electron chi connectivity index (χ3n) is 5.99. The van der Waals surface area contributed by atoms with Gasteiger partial charge in [0, 0.05) is 17.2 Å². The second-order valence-corrected chi connectivity index (χ2v) is 7.96. The summed E-state index contributed by atoms with van der Waals surface area (Å²) in [4.78, 5) is 18.5. The summed E-state index contributed by atoms with van der Waals surface area (Å²) in [6.45, 7) is 1.92. The van der Waals surface area contributed by atoms with Crippen molar-refractivity contribution in [1.82, 2.24) is 9.55 Å². The maximum atomic E-state index is 13.7. The maximum absolute atomic E-state index is 13.7. The van der Waals surface area contributed by atoms with Gasteiger partial charge in [-0.05, 0) is 50.3 Å². The van der Waals surface area contributed by atoms with Crippen molar-refractivity contribution in [3.63, 3.8) is 0 Å². The molecule has 1 saturated carbocycles. The van der Waals surface area contributed by atoms with Crippen molar-refractivity contribution in [2.24, 2.45) is 0 Å². The summed E-state index contributed by atoms with van der Waals surface area (Å²) in [5.41, 5.74) is 3.20. The van der Waals surface area contributed by atoms with E-state index >= 15 is 0 Å². The van der Waals surface area contributed by atoms with Crippen LogP contribution in [0.25, 0.3) is 11.3 Å². The number of rotatable bonds is 5. The van der Waals surface area contributed by atoms with Crippen LogP contribution in [-0.2, 0) is 12.8 Å². The van der Waals surface area contributed by atoms with Crippen molar-refractivity contribution in [2.75, 3.05) is 0 Å². The zero-order chi connectivity index (χ0) is 20.2. The third-order valence-corrected chi connectivity index (χ3v) is 5.99. The summed E-state index contributed by atoms with van der Waals surface area (Å²) in [6.07, 6.45) is 7.02. The van der Waals surface area contributed by atoms with Crippen LogP contribution in [0.4, 0.5) is 0 Å².